The standard InChI is InChI=1S/C37H46ClF3N4O8S/c1-36(2,3)53-35(47)44-17-8-9-24(44)13-15-29(46)37(52-6)16-18-43(22-37)27-20-26(39)34(33(41)32(27)38)54(48,49)45(31-11-7-10-30(40)42-31)21-23-12-14-25(50-4)19-28(23)51-5/h7,10-12,14,19-20,24,29,46H,8-9,13,15-18,21-22H2,1-6H3/t24?,29?,37-/m0/s1. The third kappa shape index (κ3) is 8.61. The molecule has 3 atom stereocenters. The molecule has 2 unspecified atom stereocenters. The van der Waals surface area contributed by atoms with Crippen LogP contribution in [0.15, 0.2) is 47.4 Å². The fraction of sp³-hybridized carbons (Fsp3) is 0.514. The first-order valence-electron chi connectivity index (χ1n) is 17.5. The van der Waals surface area contributed by atoms with Crippen molar-refractivity contribution in [1.29, 1.82) is 0 Å². The third-order valence-corrected chi connectivity index (χ3v) is 12.0. The van der Waals surface area contributed by atoms with Crippen molar-refractivity contribution in [3.05, 3.63) is 70.6 Å². The number of amides is 1. The van der Waals surface area contributed by atoms with Gasteiger partial charge in [-0.05, 0) is 77.1 Å². The largest absolute Gasteiger partial charge is 0.497 e. The fourth-order valence-corrected chi connectivity index (χ4v) is 8.84. The number of halogens is 4. The van der Waals surface area contributed by atoms with Crippen molar-refractivity contribution < 1.29 is 50.4 Å². The van der Waals surface area contributed by atoms with Gasteiger partial charge < -0.3 is 33.9 Å². The Hall–Kier alpha value is -3.99. The number of aliphatic hydroxyl groups excluding tert-OH is 1. The summed E-state index contributed by atoms with van der Waals surface area (Å²) < 4.78 is 97.7. The molecule has 1 amide bonds. The highest BCUT2D eigenvalue weighted by Crippen LogP contribution is 2.42. The first-order chi connectivity index (χ1) is 25.4. The summed E-state index contributed by atoms with van der Waals surface area (Å²) in [6.07, 6.45) is 1.12. The number of methoxy groups -OCH3 is 3. The molecule has 0 bridgehead atoms. The van der Waals surface area contributed by atoms with Gasteiger partial charge in [0.1, 0.15) is 39.4 Å². The van der Waals surface area contributed by atoms with E-state index >= 15 is 8.78 Å². The van der Waals surface area contributed by atoms with E-state index in [-0.39, 0.29) is 49.0 Å². The van der Waals surface area contributed by atoms with Gasteiger partial charge in [-0.15, -0.1) is 0 Å². The summed E-state index contributed by atoms with van der Waals surface area (Å²) >= 11 is 6.50. The molecule has 0 saturated carbocycles. The Morgan fingerprint density at radius 3 is 2.50 bits per heavy atom. The molecule has 17 heteroatoms. The van der Waals surface area contributed by atoms with Crippen molar-refractivity contribution in [1.82, 2.24) is 9.88 Å². The molecule has 54 heavy (non-hydrogen) atoms. The summed E-state index contributed by atoms with van der Waals surface area (Å²) in [4.78, 5) is 18.3. The van der Waals surface area contributed by atoms with Crippen molar-refractivity contribution in [2.45, 2.75) is 87.7 Å². The minimum absolute atomic E-state index is 0.0214. The molecule has 0 aliphatic carbocycles. The zero-order valence-electron chi connectivity index (χ0n) is 31.1. The number of likely N-dealkylation sites (tertiary alicyclic amines) is 1. The Morgan fingerprint density at radius 2 is 1.85 bits per heavy atom. The monoisotopic (exact) mass is 798 g/mol. The van der Waals surface area contributed by atoms with Crippen LogP contribution in [-0.2, 0) is 26.0 Å². The molecule has 0 spiro atoms. The van der Waals surface area contributed by atoms with Gasteiger partial charge in [0.25, 0.3) is 10.0 Å². The van der Waals surface area contributed by atoms with Gasteiger partial charge in [-0.25, -0.2) is 31.3 Å². The Morgan fingerprint density at radius 1 is 1.11 bits per heavy atom. The highest BCUT2D eigenvalue weighted by molar-refractivity contribution is 7.92. The lowest BCUT2D eigenvalue weighted by molar-refractivity contribution is -0.0921. The van der Waals surface area contributed by atoms with E-state index in [0.717, 1.165) is 25.0 Å². The molecular formula is C37H46ClF3N4O8S. The van der Waals surface area contributed by atoms with Gasteiger partial charge in [0, 0.05) is 50.5 Å². The number of ether oxygens (including phenoxy) is 4. The highest BCUT2D eigenvalue weighted by Gasteiger charge is 2.46. The van der Waals surface area contributed by atoms with Crippen LogP contribution in [0.2, 0.25) is 5.02 Å². The van der Waals surface area contributed by atoms with Crippen molar-refractivity contribution in [3.63, 3.8) is 0 Å². The number of sulfonamides is 1. The first-order valence-corrected chi connectivity index (χ1v) is 19.3. The van der Waals surface area contributed by atoms with Crippen LogP contribution in [0.25, 0.3) is 0 Å². The van der Waals surface area contributed by atoms with E-state index in [1.54, 1.807) is 25.7 Å². The number of hydrogen-bond acceptors (Lipinski definition) is 10. The number of rotatable bonds is 13. The summed E-state index contributed by atoms with van der Waals surface area (Å²) in [6, 6.07) is 8.60. The SMILES string of the molecule is COc1ccc(CN(c2cccc(F)n2)S(=O)(=O)c2c(F)cc(N3CC[C@@](OC)(C(O)CCC4CCCN4C(=O)OC(C)(C)C)C3)c(Cl)c2F)c(OC)c1. The van der Waals surface area contributed by atoms with E-state index < -0.39 is 73.3 Å². The van der Waals surface area contributed by atoms with Crippen LogP contribution in [0.1, 0.15) is 58.4 Å². The van der Waals surface area contributed by atoms with E-state index in [0.29, 0.717) is 23.0 Å². The second kappa shape index (κ2) is 16.4. The lowest BCUT2D eigenvalue weighted by Crippen LogP contribution is -2.47. The van der Waals surface area contributed by atoms with Gasteiger partial charge in [0.05, 0.1) is 32.6 Å². The summed E-state index contributed by atoms with van der Waals surface area (Å²) in [6.45, 7) is 5.53. The molecule has 3 aromatic rings. The molecule has 2 aromatic carbocycles. The Balaban J connectivity index is 1.40. The summed E-state index contributed by atoms with van der Waals surface area (Å²) in [7, 11) is -0.939. The van der Waals surface area contributed by atoms with Gasteiger partial charge in [0.15, 0.2) is 10.7 Å². The van der Waals surface area contributed by atoms with Crippen molar-refractivity contribution >= 4 is 39.2 Å². The van der Waals surface area contributed by atoms with Crippen LogP contribution in [0, 0.1) is 17.6 Å². The van der Waals surface area contributed by atoms with Crippen molar-refractivity contribution in [2.75, 3.05) is 50.2 Å². The first kappa shape index (κ1) is 41.2. The van der Waals surface area contributed by atoms with Crippen LogP contribution in [0.3, 0.4) is 0 Å². The zero-order valence-corrected chi connectivity index (χ0v) is 32.6. The smallest absolute Gasteiger partial charge is 0.410 e. The molecule has 3 heterocycles. The number of anilines is 2. The lowest BCUT2D eigenvalue weighted by atomic mass is 9.90. The number of aliphatic hydroxyl groups is 1. The van der Waals surface area contributed by atoms with E-state index in [2.05, 4.69) is 4.98 Å². The maximum absolute atomic E-state index is 16.3. The van der Waals surface area contributed by atoms with Crippen LogP contribution in [0.4, 0.5) is 29.5 Å². The maximum atomic E-state index is 16.3. The van der Waals surface area contributed by atoms with Crippen molar-refractivity contribution in [3.8, 4) is 11.5 Å². The Labute approximate surface area is 318 Å². The van der Waals surface area contributed by atoms with Crippen LogP contribution >= 0.6 is 11.6 Å². The molecule has 0 radical (unpaired) electrons. The Bertz CT molecular complexity index is 1950. The fourth-order valence-electron chi connectivity index (χ4n) is 7.00. The van der Waals surface area contributed by atoms with Gasteiger partial charge in [0.2, 0.25) is 5.95 Å². The number of benzene rings is 2. The number of carbonyl (C=O) groups excluding carboxylic acids is 1. The van der Waals surface area contributed by atoms with E-state index in [1.807, 2.05) is 0 Å². The second-order valence-electron chi connectivity index (χ2n) is 14.3. The van der Waals surface area contributed by atoms with E-state index in [9.17, 15) is 22.7 Å². The zero-order chi connectivity index (χ0) is 39.6. The molecule has 2 fully saturated rings. The Kier molecular flexibility index (Phi) is 12.5. The predicted octanol–water partition coefficient (Wildman–Crippen LogP) is 6.70. The molecule has 1 N–H and O–H groups in total. The molecule has 5 rings (SSSR count). The van der Waals surface area contributed by atoms with Gasteiger partial charge in [-0.1, -0.05) is 17.7 Å². The molecular weight excluding hydrogens is 753 g/mol. The molecule has 1 aromatic heterocycles. The number of aromatic nitrogens is 1. The topological polar surface area (TPSA) is 131 Å². The molecule has 2 aliphatic heterocycles. The molecule has 2 saturated heterocycles. The van der Waals surface area contributed by atoms with E-state index in [1.165, 1.54) is 56.6 Å². The van der Waals surface area contributed by atoms with Crippen LogP contribution in [-0.4, -0.2) is 93.8 Å². The van der Waals surface area contributed by atoms with Crippen LogP contribution in [0.5, 0.6) is 11.5 Å². The summed E-state index contributed by atoms with van der Waals surface area (Å²) in [5, 5.41) is 10.8. The normalized spacial score (nSPS) is 19.6. The molecule has 2 aliphatic rings. The predicted molar refractivity (Wildman–Crippen MR) is 196 cm³/mol. The second-order valence-corrected chi connectivity index (χ2v) is 16.5. The minimum Gasteiger partial charge on any atom is -0.497 e. The van der Waals surface area contributed by atoms with Gasteiger partial charge in [-0.3, -0.25) is 0 Å². The third-order valence-electron chi connectivity index (χ3n) is 9.81. The summed E-state index contributed by atoms with van der Waals surface area (Å²) in [5.41, 5.74) is -1.69. The average Bonchev–Trinajstić information content (AvgIpc) is 3.79. The molecule has 12 nitrogen and oxygen atoms in total. The van der Waals surface area contributed by atoms with Crippen molar-refractivity contribution in [2.24, 2.45) is 0 Å². The number of hydrogen-bond donors (Lipinski definition) is 1. The molecule has 296 valence electrons. The number of pyridine rings is 1. The number of carbonyl (C=O) groups is 1. The summed E-state index contributed by atoms with van der Waals surface area (Å²) in [5.74, 6) is -3.88. The van der Waals surface area contributed by atoms with Gasteiger partial charge >= 0.3 is 6.09 Å². The lowest BCUT2D eigenvalue weighted by Gasteiger charge is -2.35. The minimum atomic E-state index is -5.15. The van der Waals surface area contributed by atoms with Crippen LogP contribution < -0.4 is 18.7 Å². The quantitative estimate of drug-likeness (QED) is 0.147. The number of nitrogens with zero attached hydrogens (tertiary/aromatic N) is 4. The average molecular weight is 799 g/mol. The van der Waals surface area contributed by atoms with Gasteiger partial charge in [-0.2, -0.15) is 4.39 Å². The highest BCUT2D eigenvalue weighted by atomic mass is 35.5. The van der Waals surface area contributed by atoms with E-state index in [4.69, 9.17) is 30.5 Å². The maximum Gasteiger partial charge on any atom is 0.410 e.